The first kappa shape index (κ1) is 116. The van der Waals surface area contributed by atoms with Gasteiger partial charge < -0.3 is 93.5 Å². The molecule has 1 unspecified atom stereocenters. The number of nitrogens with one attached hydrogen (secondary N) is 6. The van der Waals surface area contributed by atoms with Gasteiger partial charge in [0.05, 0.1) is 13.0 Å². The van der Waals surface area contributed by atoms with E-state index < -0.39 is 112 Å². The number of anilines is 6. The predicted molar refractivity (Wildman–Crippen MR) is 553 cm³/mol. The van der Waals surface area contributed by atoms with Crippen molar-refractivity contribution < 1.29 is 124 Å². The Kier molecular flexibility index (Phi) is 46.9. The maximum absolute atomic E-state index is 12.1. The molecule has 146 heavy (non-hydrogen) atoms. The minimum Gasteiger partial charge on any atom is -0.466 e. The van der Waals surface area contributed by atoms with Crippen LogP contribution in [-0.2, 0) is 124 Å². The molecule has 1 atom stereocenters. The molecular formula is C114H124N6O26. The van der Waals surface area contributed by atoms with E-state index >= 15 is 0 Å². The van der Waals surface area contributed by atoms with Crippen LogP contribution in [-0.4, -0.2) is 119 Å². The highest BCUT2D eigenvalue weighted by Crippen LogP contribution is 2.35. The van der Waals surface area contributed by atoms with Gasteiger partial charge in [0, 0.05) is 151 Å². The SMILES string of the molecule is CC(C)C1(C)OC(=O)C(=C/C=C/C=C/Nc2ccccc2)C(=O)O1.CC1(C)OC(=O)C(=C/C=C/C=C/Nc2ccccc2)C(=O)O1.CCC(C)C1(C)OC(=O)C(=C/C=C/C=C/Nc2ccccc2)C(=O)O1.CCC1(C)OC(=O)C(=C/C=C/C=C/Nc2ccccc2)C(=O)O1.CCCC1(C)OC(=O)C(=C/C=C/C=C/Nc2ccccc2)C(=O)O1.CCOC(=O)CCC1(C)OC(=O)C(=C/C=C/C=C/Nc2ccccc2)C(=O)O1. The molecule has 32 nitrogen and oxygen atoms in total. The van der Waals surface area contributed by atoms with E-state index in [9.17, 15) is 62.3 Å². The number of cyclic esters (lactones) is 12. The van der Waals surface area contributed by atoms with Gasteiger partial charge in [-0.25, -0.2) is 57.5 Å². The molecule has 6 aromatic carbocycles. The molecule has 6 heterocycles. The van der Waals surface area contributed by atoms with Crippen LogP contribution in [0.15, 0.2) is 398 Å². The summed E-state index contributed by atoms with van der Waals surface area (Å²) in [6, 6.07) is 58.0. The molecular weight excluding hydrogens is 1870 g/mol. The number of benzene rings is 6. The van der Waals surface area contributed by atoms with Crippen molar-refractivity contribution in [2.75, 3.05) is 38.5 Å². The highest BCUT2D eigenvalue weighted by atomic mass is 16.8. The Morgan fingerprint density at radius 2 is 0.486 bits per heavy atom. The van der Waals surface area contributed by atoms with Crippen LogP contribution in [0, 0.1) is 11.8 Å². The minimum atomic E-state index is -1.48. The van der Waals surface area contributed by atoms with Gasteiger partial charge in [0.2, 0.25) is 0 Å². The van der Waals surface area contributed by atoms with Crippen molar-refractivity contribution in [3.63, 3.8) is 0 Å². The summed E-state index contributed by atoms with van der Waals surface area (Å²) >= 11 is 0. The molecule has 6 N–H and O–H groups in total. The molecule has 0 aromatic heterocycles. The zero-order chi connectivity index (χ0) is 106. The van der Waals surface area contributed by atoms with Gasteiger partial charge >= 0.3 is 77.6 Å². The molecule has 6 aliphatic rings. The summed E-state index contributed by atoms with van der Waals surface area (Å²) in [6.45, 7) is 23.9. The normalized spacial score (nSPS) is 20.4. The van der Waals surface area contributed by atoms with Crippen molar-refractivity contribution in [2.24, 2.45) is 11.8 Å². The van der Waals surface area contributed by atoms with Gasteiger partial charge in [-0.15, -0.1) is 0 Å². The van der Waals surface area contributed by atoms with E-state index in [-0.39, 0.29) is 64.7 Å². The van der Waals surface area contributed by atoms with Crippen molar-refractivity contribution in [2.45, 2.75) is 170 Å². The van der Waals surface area contributed by atoms with E-state index in [1.807, 2.05) is 217 Å². The number of hydrogen-bond donors (Lipinski definition) is 6. The number of allylic oxidation sites excluding steroid dienone is 24. The van der Waals surface area contributed by atoms with Crippen LogP contribution < -0.4 is 31.9 Å². The number of hydrogen-bond acceptors (Lipinski definition) is 32. The van der Waals surface area contributed by atoms with Crippen LogP contribution in [0.1, 0.15) is 135 Å². The van der Waals surface area contributed by atoms with Crippen molar-refractivity contribution in [1.29, 1.82) is 0 Å². The Balaban J connectivity index is 0.000000238. The molecule has 6 aliphatic heterocycles. The summed E-state index contributed by atoms with van der Waals surface area (Å²) in [7, 11) is 0. The van der Waals surface area contributed by atoms with Gasteiger partial charge in [-0.1, -0.05) is 224 Å². The molecule has 766 valence electrons. The van der Waals surface area contributed by atoms with E-state index in [0.29, 0.717) is 12.8 Å². The van der Waals surface area contributed by atoms with Crippen LogP contribution in [0.3, 0.4) is 0 Å². The largest absolute Gasteiger partial charge is 0.466 e. The molecule has 6 aromatic rings. The topological polar surface area (TPSA) is 414 Å². The van der Waals surface area contributed by atoms with E-state index in [2.05, 4.69) is 31.9 Å². The van der Waals surface area contributed by atoms with Gasteiger partial charge in [-0.05, 0) is 165 Å². The van der Waals surface area contributed by atoms with Crippen molar-refractivity contribution >= 4 is 112 Å². The highest BCUT2D eigenvalue weighted by Gasteiger charge is 2.49. The van der Waals surface area contributed by atoms with E-state index in [1.54, 1.807) is 182 Å². The zero-order valence-corrected chi connectivity index (χ0v) is 83.9. The first-order valence-electron chi connectivity index (χ1n) is 46.9. The lowest BCUT2D eigenvalue weighted by molar-refractivity contribution is -0.246. The van der Waals surface area contributed by atoms with Gasteiger partial charge in [-0.3, -0.25) is 4.79 Å². The first-order valence-corrected chi connectivity index (χ1v) is 46.9. The summed E-state index contributed by atoms with van der Waals surface area (Å²) in [4.78, 5) is 155. The number of ether oxygens (including phenoxy) is 13. The highest BCUT2D eigenvalue weighted by molar-refractivity contribution is 6.19. The lowest BCUT2D eigenvalue weighted by Gasteiger charge is -2.37. The zero-order valence-electron chi connectivity index (χ0n) is 83.9. The summed E-state index contributed by atoms with van der Waals surface area (Å²) in [6.07, 6.45) is 51.1. The van der Waals surface area contributed by atoms with Crippen LogP contribution in [0.5, 0.6) is 0 Å². The van der Waals surface area contributed by atoms with Gasteiger partial charge in [0.1, 0.15) is 33.4 Å². The second-order valence-corrected chi connectivity index (χ2v) is 33.4. The molecule has 0 spiro atoms. The number of carbonyl (C=O) groups excluding carboxylic acids is 13. The lowest BCUT2D eigenvalue weighted by Crippen LogP contribution is -2.48. The Bertz CT molecular complexity index is 5930. The van der Waals surface area contributed by atoms with Gasteiger partial charge in [0.15, 0.2) is 0 Å². The van der Waals surface area contributed by atoms with E-state index in [4.69, 9.17) is 61.6 Å². The monoisotopic (exact) mass is 1990 g/mol. The number of carbonyl (C=O) groups is 13. The summed E-state index contributed by atoms with van der Waals surface area (Å²) in [5, 5.41) is 18.5. The maximum atomic E-state index is 12.1. The average Bonchev–Trinajstić information content (AvgIpc) is 0.878. The number of rotatable bonds is 34. The third-order valence-corrected chi connectivity index (χ3v) is 21.0. The van der Waals surface area contributed by atoms with Crippen LogP contribution in [0.4, 0.5) is 34.1 Å². The number of para-hydroxylation sites is 6. The second kappa shape index (κ2) is 59.3. The fourth-order valence-corrected chi connectivity index (χ4v) is 12.3. The van der Waals surface area contributed by atoms with Crippen LogP contribution in [0.25, 0.3) is 0 Å². The fraction of sp³-hybridized carbons (Fsp3) is 0.254. The summed E-state index contributed by atoms with van der Waals surface area (Å²) in [5.74, 6) is -16.4. The van der Waals surface area contributed by atoms with Crippen molar-refractivity contribution in [3.8, 4) is 0 Å². The van der Waals surface area contributed by atoms with Crippen molar-refractivity contribution in [3.05, 3.63) is 398 Å². The standard InChI is InChI=1S/C21H23NO6.C20H23NO4.2C19H21NO4.C18H19NO4.C17H17NO4/c1-3-26-18(23)13-14-21(2)27-19(24)17(20(25)28-21)12-8-5-9-15-22-16-10-6-4-7-11-16;1-4-15(2)20(3)24-18(22)17(19(23)25-20)13-9-6-10-14-21-16-11-7-5-8-12-16;1-14(2)19(3)23-17(21)16(18(22)24-19)12-8-5-9-13-20-15-10-6-4-7-11-15;1-3-13-19(2)23-17(21)16(18(22)24-19)12-8-5-9-14-20-15-10-6-4-7-11-15;1-3-18(2)22-16(20)15(17(21)23-18)12-8-5-9-13-19-14-10-6-4-7-11-14;1-17(2)21-15(19)14(16(20)22-17)11-7-4-8-12-18-13-9-5-3-6-10-13/h4-12,15,22H,3,13-14H2,1-2H3;5-15,21H,4H2,1-3H3;4-14,20H,1-3H3;4-12,14,20H,3,13H2,1-2H3;4-13,19H,3H2,1-2H3;3-12,18H,1-2H3/b8-5+,15-9+,17-12?;9-6+,14-10+,17-13?;8-5+,13-9+,16-12?;8-5+,14-9+,16-12?;8-5+,13-9+,15-12?;7-4+,12-8+. The second-order valence-electron chi connectivity index (χ2n) is 33.4. The lowest BCUT2D eigenvalue weighted by atomic mass is 9.98. The average molecular weight is 1990 g/mol. The molecule has 0 bridgehead atoms. The minimum absolute atomic E-state index is 0.0247. The predicted octanol–water partition coefficient (Wildman–Crippen LogP) is 20.7. The molecule has 6 fully saturated rings. The molecule has 6 saturated heterocycles. The Labute approximate surface area is 850 Å². The summed E-state index contributed by atoms with van der Waals surface area (Å²) < 4.78 is 67.0. The smallest absolute Gasteiger partial charge is 0.348 e. The maximum Gasteiger partial charge on any atom is 0.348 e. The fourth-order valence-electron chi connectivity index (χ4n) is 12.3. The van der Waals surface area contributed by atoms with Crippen LogP contribution in [0.2, 0.25) is 0 Å². The Hall–Kier alpha value is -17.5. The third-order valence-electron chi connectivity index (χ3n) is 21.0. The molecule has 0 radical (unpaired) electrons. The summed E-state index contributed by atoms with van der Waals surface area (Å²) in [5.41, 5.74) is 4.98. The Morgan fingerprint density at radius 1 is 0.274 bits per heavy atom. The first-order chi connectivity index (χ1) is 69.9. The Morgan fingerprint density at radius 3 is 0.699 bits per heavy atom. The quantitative estimate of drug-likeness (QED) is 0.00718. The van der Waals surface area contributed by atoms with E-state index in [0.717, 1.165) is 47.0 Å². The molecule has 0 amide bonds. The van der Waals surface area contributed by atoms with Crippen LogP contribution >= 0.6 is 0 Å². The molecule has 0 aliphatic carbocycles. The van der Waals surface area contributed by atoms with Gasteiger partial charge in [-0.2, -0.15) is 0 Å². The van der Waals surface area contributed by atoms with Gasteiger partial charge in [0.25, 0.3) is 34.7 Å². The van der Waals surface area contributed by atoms with E-state index in [1.165, 1.54) is 63.3 Å². The molecule has 0 saturated carbocycles. The molecule has 32 heteroatoms. The number of esters is 13. The molecule has 12 rings (SSSR count). The third kappa shape index (κ3) is 40.3. The van der Waals surface area contributed by atoms with Crippen molar-refractivity contribution in [1.82, 2.24) is 0 Å².